The van der Waals surface area contributed by atoms with Crippen molar-refractivity contribution < 1.29 is 0 Å². The zero-order valence-electron chi connectivity index (χ0n) is 40.1. The summed E-state index contributed by atoms with van der Waals surface area (Å²) >= 11 is 0. The molecule has 0 aliphatic carbocycles. The molecule has 0 fully saturated rings. The number of para-hydroxylation sites is 3. The first-order chi connectivity index (χ1) is 36.7. The average molecular weight is 945 g/mol. The molecule has 0 saturated heterocycles. The molecule has 0 spiro atoms. The zero-order valence-corrected chi connectivity index (χ0v) is 40.1. The SMILES string of the molecule is c1ccc(-c2cc(-c3ccccc3)nc(-c3cccc(-n4c5ccc(-c6ccc7c(c6)c6ccc8c(ccn8-c8ccccc8)c6n7-c6ccccc6)cc5c5ccc6c(ccn6-c6ccccc6)c54)c3)n2)cc1. The van der Waals surface area contributed by atoms with Gasteiger partial charge in [0.2, 0.25) is 0 Å². The van der Waals surface area contributed by atoms with Crippen molar-refractivity contribution in [1.29, 1.82) is 0 Å². The van der Waals surface area contributed by atoms with Crippen molar-refractivity contribution in [3.8, 4) is 67.8 Å². The molecule has 0 amide bonds. The van der Waals surface area contributed by atoms with Gasteiger partial charge in [0.25, 0.3) is 0 Å². The monoisotopic (exact) mass is 944 g/mol. The maximum atomic E-state index is 5.24. The van der Waals surface area contributed by atoms with Crippen LogP contribution >= 0.6 is 0 Å². The standard InChI is InChI=1S/C68H44N6/c1-6-17-45(18-7-1)60-44-61(46-19-8-2-9-20-46)70-68(69-60)49-21-16-28-53(41-49)74-65-34-30-48(43-59(65)55-32-36-63-57(67(55)74)38-40-72(63)51-24-12-4-13-25-51)47-29-33-64-58(42-47)54-31-35-62-56(37-39-71(62)50-22-10-3-11-23-50)66(54)73(64)52-26-14-5-15-27-52/h1-44H. The summed E-state index contributed by atoms with van der Waals surface area (Å²) in [6.45, 7) is 0. The molecule has 346 valence electrons. The third-order valence-electron chi connectivity index (χ3n) is 14.8. The van der Waals surface area contributed by atoms with E-state index in [0.717, 1.165) is 78.5 Å². The molecular weight excluding hydrogens is 901 g/mol. The molecule has 0 aliphatic heterocycles. The van der Waals surface area contributed by atoms with E-state index in [2.05, 4.69) is 273 Å². The van der Waals surface area contributed by atoms with Gasteiger partial charge in [0.15, 0.2) is 5.82 Å². The van der Waals surface area contributed by atoms with Gasteiger partial charge in [-0.3, -0.25) is 0 Å². The molecule has 74 heavy (non-hydrogen) atoms. The van der Waals surface area contributed by atoms with Crippen LogP contribution in [0.1, 0.15) is 0 Å². The van der Waals surface area contributed by atoms with Gasteiger partial charge < -0.3 is 18.3 Å². The second-order valence-electron chi connectivity index (χ2n) is 19.0. The number of benzene rings is 10. The van der Waals surface area contributed by atoms with Gasteiger partial charge in [0.05, 0.1) is 44.5 Å². The van der Waals surface area contributed by atoms with Gasteiger partial charge in [-0.2, -0.15) is 0 Å². The maximum Gasteiger partial charge on any atom is 0.160 e. The van der Waals surface area contributed by atoms with E-state index < -0.39 is 0 Å². The second kappa shape index (κ2) is 16.8. The Morgan fingerprint density at radius 1 is 0.243 bits per heavy atom. The second-order valence-corrected chi connectivity index (χ2v) is 19.0. The summed E-state index contributed by atoms with van der Waals surface area (Å²) in [6, 6.07) is 91.3. The molecule has 0 aliphatic rings. The highest BCUT2D eigenvalue weighted by Gasteiger charge is 2.22. The van der Waals surface area contributed by atoms with E-state index >= 15 is 0 Å². The Balaban J connectivity index is 0.929. The predicted molar refractivity (Wildman–Crippen MR) is 306 cm³/mol. The Hall–Kier alpha value is -10.0. The molecule has 15 aromatic rings. The highest BCUT2D eigenvalue weighted by Crippen LogP contribution is 2.43. The van der Waals surface area contributed by atoms with Gasteiger partial charge in [-0.15, -0.1) is 0 Å². The third kappa shape index (κ3) is 6.66. The van der Waals surface area contributed by atoms with Crippen LogP contribution in [0, 0.1) is 0 Å². The molecular formula is C68H44N6. The van der Waals surface area contributed by atoms with Crippen molar-refractivity contribution in [2.24, 2.45) is 0 Å². The number of fused-ring (bicyclic) bond motifs is 10. The largest absolute Gasteiger partial charge is 0.316 e. The van der Waals surface area contributed by atoms with Gasteiger partial charge in [-0.05, 0) is 114 Å². The van der Waals surface area contributed by atoms with Crippen LogP contribution < -0.4 is 0 Å². The van der Waals surface area contributed by atoms with Crippen LogP contribution in [0.25, 0.3) is 133 Å². The Kier molecular flexibility index (Phi) is 9.47. The van der Waals surface area contributed by atoms with Gasteiger partial charge >= 0.3 is 0 Å². The summed E-state index contributed by atoms with van der Waals surface area (Å²) in [5, 5.41) is 7.19. The zero-order chi connectivity index (χ0) is 48.7. The molecule has 5 heterocycles. The summed E-state index contributed by atoms with van der Waals surface area (Å²) < 4.78 is 9.46. The average Bonchev–Trinajstić information content (AvgIpc) is 4.27. The fourth-order valence-electron chi connectivity index (χ4n) is 11.4. The maximum absolute atomic E-state index is 5.24. The number of rotatable bonds is 8. The van der Waals surface area contributed by atoms with Gasteiger partial charge in [-0.1, -0.05) is 152 Å². The van der Waals surface area contributed by atoms with Crippen LogP contribution in [-0.2, 0) is 0 Å². The minimum absolute atomic E-state index is 0.675. The lowest BCUT2D eigenvalue weighted by atomic mass is 10.00. The lowest BCUT2D eigenvalue weighted by molar-refractivity contribution is 1.13. The van der Waals surface area contributed by atoms with Crippen LogP contribution in [0.5, 0.6) is 0 Å². The lowest BCUT2D eigenvalue weighted by Gasteiger charge is -2.13. The molecule has 10 aromatic carbocycles. The molecule has 6 nitrogen and oxygen atoms in total. The fraction of sp³-hybridized carbons (Fsp3) is 0. The molecule has 0 unspecified atom stereocenters. The smallest absolute Gasteiger partial charge is 0.160 e. The molecule has 0 bridgehead atoms. The normalized spacial score (nSPS) is 11.8. The molecule has 0 atom stereocenters. The van der Waals surface area contributed by atoms with Crippen molar-refractivity contribution in [3.63, 3.8) is 0 Å². The van der Waals surface area contributed by atoms with Crippen molar-refractivity contribution in [3.05, 3.63) is 267 Å². The van der Waals surface area contributed by atoms with E-state index in [1.807, 2.05) is 12.1 Å². The summed E-state index contributed by atoms with van der Waals surface area (Å²) in [5.41, 5.74) is 18.5. The first-order valence-electron chi connectivity index (χ1n) is 25.1. The molecule has 15 rings (SSSR count). The molecule has 0 saturated carbocycles. The minimum atomic E-state index is 0.675. The van der Waals surface area contributed by atoms with Crippen LogP contribution in [0.2, 0.25) is 0 Å². The van der Waals surface area contributed by atoms with Gasteiger partial charge in [0.1, 0.15) is 0 Å². The van der Waals surface area contributed by atoms with Crippen LogP contribution in [0.4, 0.5) is 0 Å². The van der Waals surface area contributed by atoms with Crippen molar-refractivity contribution in [1.82, 2.24) is 28.2 Å². The van der Waals surface area contributed by atoms with E-state index in [9.17, 15) is 0 Å². The molecule has 5 aromatic heterocycles. The minimum Gasteiger partial charge on any atom is -0.316 e. The number of nitrogens with zero attached hydrogens (tertiary/aromatic N) is 6. The lowest BCUT2D eigenvalue weighted by Crippen LogP contribution is -1.98. The number of hydrogen-bond donors (Lipinski definition) is 0. The van der Waals surface area contributed by atoms with E-state index in [1.54, 1.807) is 0 Å². The Labute approximate surface area is 426 Å². The fourth-order valence-corrected chi connectivity index (χ4v) is 11.4. The van der Waals surface area contributed by atoms with Gasteiger partial charge in [-0.25, -0.2) is 9.97 Å². The van der Waals surface area contributed by atoms with Crippen LogP contribution in [-0.4, -0.2) is 28.2 Å². The molecule has 0 N–H and O–H groups in total. The third-order valence-corrected chi connectivity index (χ3v) is 14.8. The summed E-state index contributed by atoms with van der Waals surface area (Å²) in [7, 11) is 0. The van der Waals surface area contributed by atoms with Crippen molar-refractivity contribution >= 4 is 65.4 Å². The highest BCUT2D eigenvalue weighted by molar-refractivity contribution is 6.21. The Morgan fingerprint density at radius 2 is 0.649 bits per heavy atom. The highest BCUT2D eigenvalue weighted by atomic mass is 15.0. The first kappa shape index (κ1) is 41.7. The molecule has 0 radical (unpaired) electrons. The summed E-state index contributed by atoms with van der Waals surface area (Å²) in [5.74, 6) is 0.675. The van der Waals surface area contributed by atoms with Crippen molar-refractivity contribution in [2.75, 3.05) is 0 Å². The number of aromatic nitrogens is 6. The number of hydrogen-bond acceptors (Lipinski definition) is 2. The van der Waals surface area contributed by atoms with E-state index in [-0.39, 0.29) is 0 Å². The molecule has 6 heteroatoms. The Bertz CT molecular complexity index is 4570. The summed E-state index contributed by atoms with van der Waals surface area (Å²) in [4.78, 5) is 10.5. The van der Waals surface area contributed by atoms with Crippen LogP contribution in [0.3, 0.4) is 0 Å². The van der Waals surface area contributed by atoms with Crippen molar-refractivity contribution in [2.45, 2.75) is 0 Å². The Morgan fingerprint density at radius 3 is 1.14 bits per heavy atom. The predicted octanol–water partition coefficient (Wildman–Crippen LogP) is 17.2. The topological polar surface area (TPSA) is 45.5 Å². The van der Waals surface area contributed by atoms with E-state index in [0.29, 0.717) is 5.82 Å². The first-order valence-corrected chi connectivity index (χ1v) is 25.1. The van der Waals surface area contributed by atoms with Gasteiger partial charge in [0, 0.05) is 84.2 Å². The van der Waals surface area contributed by atoms with Crippen LogP contribution in [0.15, 0.2) is 267 Å². The van der Waals surface area contributed by atoms with E-state index in [1.165, 1.54) is 48.9 Å². The quantitative estimate of drug-likeness (QED) is 0.152. The van der Waals surface area contributed by atoms with E-state index in [4.69, 9.17) is 9.97 Å². The summed E-state index contributed by atoms with van der Waals surface area (Å²) in [6.07, 6.45) is 4.39.